The topological polar surface area (TPSA) is 46.2 Å². The van der Waals surface area contributed by atoms with Crippen LogP contribution in [0.4, 0.5) is 5.82 Å². The van der Waals surface area contributed by atoms with Gasteiger partial charge in [-0.15, -0.1) is 0 Å². The lowest BCUT2D eigenvalue weighted by Crippen LogP contribution is -2.45. The third-order valence-corrected chi connectivity index (χ3v) is 6.06. The number of hydrogen-bond acceptors (Lipinski definition) is 3. The second-order valence-corrected chi connectivity index (χ2v) is 8.17. The standard InChI is InChI=1S/C19H21BrClN3OS/c1-13-16(20)5-6-17(23-13)24-18(26)22-12-19(7-9-25-10-8-19)14-3-2-4-15(21)11-14/h2-6,11H,7-10,12H2,1H3,(H2,22,23,24,26). The first-order chi connectivity index (χ1) is 12.5. The molecule has 4 nitrogen and oxygen atoms in total. The third-order valence-electron chi connectivity index (χ3n) is 4.74. The van der Waals surface area contributed by atoms with Crippen LogP contribution in [0.2, 0.25) is 5.02 Å². The Hall–Kier alpha value is -1.21. The van der Waals surface area contributed by atoms with Crippen molar-refractivity contribution in [1.29, 1.82) is 0 Å². The van der Waals surface area contributed by atoms with E-state index in [1.54, 1.807) is 0 Å². The van der Waals surface area contributed by atoms with E-state index in [4.69, 9.17) is 28.6 Å². The van der Waals surface area contributed by atoms with E-state index in [-0.39, 0.29) is 5.41 Å². The normalized spacial score (nSPS) is 16.1. The molecule has 1 saturated heterocycles. The van der Waals surface area contributed by atoms with Crippen LogP contribution in [0.25, 0.3) is 0 Å². The summed E-state index contributed by atoms with van der Waals surface area (Å²) in [5.74, 6) is 0.729. The van der Waals surface area contributed by atoms with Crippen LogP contribution in [-0.2, 0) is 10.2 Å². The monoisotopic (exact) mass is 453 g/mol. The molecule has 1 aromatic carbocycles. The fraction of sp³-hybridized carbons (Fsp3) is 0.368. The van der Waals surface area contributed by atoms with Crippen LogP contribution in [0.1, 0.15) is 24.1 Å². The summed E-state index contributed by atoms with van der Waals surface area (Å²) in [4.78, 5) is 4.47. The minimum Gasteiger partial charge on any atom is -0.381 e. The van der Waals surface area contributed by atoms with Crippen molar-refractivity contribution in [2.75, 3.05) is 25.1 Å². The molecule has 138 valence electrons. The van der Waals surface area contributed by atoms with Gasteiger partial charge in [0.05, 0.1) is 5.69 Å². The quantitative estimate of drug-likeness (QED) is 0.647. The number of pyridine rings is 1. The van der Waals surface area contributed by atoms with Crippen molar-refractivity contribution >= 4 is 50.7 Å². The maximum absolute atomic E-state index is 6.22. The number of anilines is 1. The molecule has 1 fully saturated rings. The Morgan fingerprint density at radius 2 is 2.08 bits per heavy atom. The Labute approximate surface area is 172 Å². The molecular formula is C19H21BrClN3OS. The van der Waals surface area contributed by atoms with E-state index < -0.39 is 0 Å². The minimum atomic E-state index is -0.0437. The second kappa shape index (κ2) is 8.65. The van der Waals surface area contributed by atoms with E-state index in [9.17, 15) is 0 Å². The Morgan fingerprint density at radius 1 is 1.31 bits per heavy atom. The van der Waals surface area contributed by atoms with Crippen LogP contribution in [0.3, 0.4) is 0 Å². The van der Waals surface area contributed by atoms with E-state index in [0.717, 1.165) is 53.6 Å². The van der Waals surface area contributed by atoms with Crippen LogP contribution in [0.15, 0.2) is 40.9 Å². The number of nitrogens with one attached hydrogen (secondary N) is 2. The van der Waals surface area contributed by atoms with Gasteiger partial charge in [0.25, 0.3) is 0 Å². The van der Waals surface area contributed by atoms with Crippen LogP contribution < -0.4 is 10.6 Å². The Balaban J connectivity index is 1.69. The van der Waals surface area contributed by atoms with Gasteiger partial charge >= 0.3 is 0 Å². The predicted molar refractivity (Wildman–Crippen MR) is 114 cm³/mol. The number of aryl methyl sites for hydroxylation is 1. The van der Waals surface area contributed by atoms with E-state index in [2.05, 4.69) is 37.6 Å². The van der Waals surface area contributed by atoms with Gasteiger partial charge in [0.15, 0.2) is 5.11 Å². The Kier molecular flexibility index (Phi) is 6.51. The molecule has 7 heteroatoms. The number of benzene rings is 1. The highest BCUT2D eigenvalue weighted by Crippen LogP contribution is 2.35. The van der Waals surface area contributed by atoms with E-state index in [0.29, 0.717) is 5.11 Å². The van der Waals surface area contributed by atoms with E-state index in [1.165, 1.54) is 5.56 Å². The van der Waals surface area contributed by atoms with Gasteiger partial charge in [-0.05, 0) is 77.7 Å². The van der Waals surface area contributed by atoms with Crippen molar-refractivity contribution in [2.24, 2.45) is 0 Å². The Bertz CT molecular complexity index is 796. The lowest BCUT2D eigenvalue weighted by molar-refractivity contribution is 0.0515. The number of thiocarbonyl (C=S) groups is 1. The number of rotatable bonds is 4. The number of halogens is 2. The number of hydrogen-bond donors (Lipinski definition) is 2. The average Bonchev–Trinajstić information content (AvgIpc) is 2.64. The second-order valence-electron chi connectivity index (χ2n) is 6.47. The molecule has 2 N–H and O–H groups in total. The van der Waals surface area contributed by atoms with Crippen molar-refractivity contribution in [2.45, 2.75) is 25.2 Å². The molecule has 2 heterocycles. The molecule has 0 amide bonds. The summed E-state index contributed by atoms with van der Waals surface area (Å²) in [5, 5.41) is 7.84. The van der Waals surface area contributed by atoms with Gasteiger partial charge in [0.1, 0.15) is 5.82 Å². The molecule has 0 atom stereocenters. The van der Waals surface area contributed by atoms with Gasteiger partial charge in [0.2, 0.25) is 0 Å². The zero-order valence-electron chi connectivity index (χ0n) is 14.5. The molecule has 1 aromatic heterocycles. The summed E-state index contributed by atoms with van der Waals surface area (Å²) in [5.41, 5.74) is 2.09. The molecule has 0 saturated carbocycles. The molecule has 0 bridgehead atoms. The van der Waals surface area contributed by atoms with Crippen LogP contribution in [0, 0.1) is 6.92 Å². The van der Waals surface area contributed by atoms with Crippen molar-refractivity contribution in [3.8, 4) is 0 Å². The number of ether oxygens (including phenoxy) is 1. The molecule has 0 spiro atoms. The zero-order valence-corrected chi connectivity index (χ0v) is 17.7. The molecule has 3 rings (SSSR count). The highest BCUT2D eigenvalue weighted by atomic mass is 79.9. The first-order valence-corrected chi connectivity index (χ1v) is 10.1. The molecule has 2 aromatic rings. The average molecular weight is 455 g/mol. The SMILES string of the molecule is Cc1nc(NC(=S)NCC2(c3cccc(Cl)c3)CCOCC2)ccc1Br. The van der Waals surface area contributed by atoms with Crippen molar-refractivity contribution in [3.05, 3.63) is 57.2 Å². The van der Waals surface area contributed by atoms with E-state index >= 15 is 0 Å². The van der Waals surface area contributed by atoms with Crippen LogP contribution >= 0.6 is 39.7 Å². The number of aromatic nitrogens is 1. The smallest absolute Gasteiger partial charge is 0.171 e. The lowest BCUT2D eigenvalue weighted by Gasteiger charge is -2.38. The van der Waals surface area contributed by atoms with Crippen molar-refractivity contribution < 1.29 is 4.74 Å². The van der Waals surface area contributed by atoms with Crippen molar-refractivity contribution in [1.82, 2.24) is 10.3 Å². The summed E-state index contributed by atoms with van der Waals surface area (Å²) < 4.78 is 6.56. The van der Waals surface area contributed by atoms with Gasteiger partial charge < -0.3 is 15.4 Å². The molecule has 1 aliphatic rings. The summed E-state index contributed by atoms with van der Waals surface area (Å²) in [6, 6.07) is 11.9. The van der Waals surface area contributed by atoms with Crippen molar-refractivity contribution in [3.63, 3.8) is 0 Å². The maximum atomic E-state index is 6.22. The molecule has 0 aliphatic carbocycles. The number of nitrogens with zero attached hydrogens (tertiary/aromatic N) is 1. The fourth-order valence-electron chi connectivity index (χ4n) is 3.17. The predicted octanol–water partition coefficient (Wildman–Crippen LogP) is 4.84. The van der Waals surface area contributed by atoms with Crippen LogP contribution in [-0.4, -0.2) is 29.9 Å². The fourth-order valence-corrected chi connectivity index (χ4v) is 3.76. The highest BCUT2D eigenvalue weighted by Gasteiger charge is 2.34. The van der Waals surface area contributed by atoms with Gasteiger partial charge in [-0.3, -0.25) is 0 Å². The van der Waals surface area contributed by atoms with Gasteiger partial charge in [0, 0.05) is 34.7 Å². The minimum absolute atomic E-state index is 0.0437. The van der Waals surface area contributed by atoms with Crippen LogP contribution in [0.5, 0.6) is 0 Å². The lowest BCUT2D eigenvalue weighted by atomic mass is 9.74. The summed E-state index contributed by atoms with van der Waals surface area (Å²) in [7, 11) is 0. The van der Waals surface area contributed by atoms with Gasteiger partial charge in [-0.25, -0.2) is 4.98 Å². The molecule has 0 radical (unpaired) electrons. The third kappa shape index (κ3) is 4.74. The first-order valence-electron chi connectivity index (χ1n) is 8.50. The highest BCUT2D eigenvalue weighted by molar-refractivity contribution is 9.10. The molecular weight excluding hydrogens is 434 g/mol. The molecule has 26 heavy (non-hydrogen) atoms. The largest absolute Gasteiger partial charge is 0.381 e. The van der Waals surface area contributed by atoms with E-state index in [1.807, 2.05) is 37.3 Å². The van der Waals surface area contributed by atoms with Gasteiger partial charge in [-0.1, -0.05) is 23.7 Å². The first kappa shape index (κ1) is 19.5. The van der Waals surface area contributed by atoms with Gasteiger partial charge in [-0.2, -0.15) is 0 Å². The molecule has 0 unspecified atom stereocenters. The zero-order chi connectivity index (χ0) is 18.6. The Morgan fingerprint density at radius 3 is 2.77 bits per heavy atom. The molecule has 1 aliphatic heterocycles. The summed E-state index contributed by atoms with van der Waals surface area (Å²) in [6.45, 7) is 4.14. The maximum Gasteiger partial charge on any atom is 0.171 e. The summed E-state index contributed by atoms with van der Waals surface area (Å²) in [6.07, 6.45) is 1.86. The summed E-state index contributed by atoms with van der Waals surface area (Å²) >= 11 is 15.2.